The van der Waals surface area contributed by atoms with E-state index in [1.54, 1.807) is 0 Å². The summed E-state index contributed by atoms with van der Waals surface area (Å²) in [5.41, 5.74) is 6.45. The Labute approximate surface area is 118 Å². The van der Waals surface area contributed by atoms with Crippen molar-refractivity contribution in [3.63, 3.8) is 0 Å². The van der Waals surface area contributed by atoms with Crippen LogP contribution in [0, 0.1) is 5.92 Å². The van der Waals surface area contributed by atoms with Gasteiger partial charge in [0.15, 0.2) is 0 Å². The number of hydrogen-bond acceptors (Lipinski definition) is 3. The summed E-state index contributed by atoms with van der Waals surface area (Å²) in [6.07, 6.45) is 5.99. The Hall–Kier alpha value is -0.120. The van der Waals surface area contributed by atoms with Gasteiger partial charge in [-0.2, -0.15) is 0 Å². The molecule has 2 rings (SSSR count). The monoisotopic (exact) mass is 268 g/mol. The Bertz CT molecular complexity index is 303. The van der Waals surface area contributed by atoms with Crippen LogP contribution in [0.3, 0.4) is 0 Å². The van der Waals surface area contributed by atoms with Gasteiger partial charge >= 0.3 is 0 Å². The molecule has 2 aliphatic rings. The van der Waals surface area contributed by atoms with Crippen molar-refractivity contribution in [3.8, 4) is 0 Å². The molecule has 0 spiro atoms. The van der Waals surface area contributed by atoms with Gasteiger partial charge in [-0.3, -0.25) is 4.90 Å². The fourth-order valence-corrected chi connectivity index (χ4v) is 3.60. The van der Waals surface area contributed by atoms with Crippen molar-refractivity contribution in [1.82, 2.24) is 4.90 Å². The molecule has 19 heavy (non-hydrogen) atoms. The molecule has 0 bridgehead atoms. The van der Waals surface area contributed by atoms with E-state index in [2.05, 4.69) is 32.6 Å². The van der Waals surface area contributed by atoms with E-state index < -0.39 is 0 Å². The SMILES string of the molecule is CCC1(C)CC(CN)(N(CC(C)C)C2CC2)CCO1. The second kappa shape index (κ2) is 5.71. The van der Waals surface area contributed by atoms with Crippen LogP contribution >= 0.6 is 0 Å². The largest absolute Gasteiger partial charge is 0.375 e. The van der Waals surface area contributed by atoms with E-state index in [0.29, 0.717) is 5.92 Å². The molecule has 0 amide bonds. The molecule has 1 saturated carbocycles. The zero-order valence-electron chi connectivity index (χ0n) is 13.2. The van der Waals surface area contributed by atoms with Gasteiger partial charge in [0.05, 0.1) is 5.60 Å². The lowest BCUT2D eigenvalue weighted by Crippen LogP contribution is -2.62. The van der Waals surface area contributed by atoms with Crippen molar-refractivity contribution in [2.24, 2.45) is 11.7 Å². The molecule has 1 heterocycles. The minimum atomic E-state index is 0.0156. The molecule has 112 valence electrons. The van der Waals surface area contributed by atoms with Crippen molar-refractivity contribution < 1.29 is 4.74 Å². The second-order valence-corrected chi connectivity index (χ2v) is 7.28. The third kappa shape index (κ3) is 3.32. The summed E-state index contributed by atoms with van der Waals surface area (Å²) in [4.78, 5) is 2.74. The van der Waals surface area contributed by atoms with Gasteiger partial charge in [-0.05, 0) is 44.9 Å². The summed E-state index contributed by atoms with van der Waals surface area (Å²) in [5, 5.41) is 0. The summed E-state index contributed by atoms with van der Waals surface area (Å²) in [7, 11) is 0. The molecule has 2 N–H and O–H groups in total. The number of ether oxygens (including phenoxy) is 1. The molecule has 2 unspecified atom stereocenters. The third-order valence-electron chi connectivity index (χ3n) is 5.01. The Morgan fingerprint density at radius 1 is 1.37 bits per heavy atom. The smallest absolute Gasteiger partial charge is 0.0670 e. The molecule has 1 aliphatic carbocycles. The van der Waals surface area contributed by atoms with E-state index in [-0.39, 0.29) is 11.1 Å². The van der Waals surface area contributed by atoms with Crippen molar-refractivity contribution >= 4 is 0 Å². The Kier molecular flexibility index (Phi) is 4.59. The van der Waals surface area contributed by atoms with Crippen LogP contribution < -0.4 is 5.73 Å². The van der Waals surface area contributed by atoms with E-state index in [0.717, 1.165) is 38.5 Å². The predicted octanol–water partition coefficient (Wildman–Crippen LogP) is 2.78. The van der Waals surface area contributed by atoms with Gasteiger partial charge in [-0.1, -0.05) is 20.8 Å². The van der Waals surface area contributed by atoms with Gasteiger partial charge in [0.1, 0.15) is 0 Å². The van der Waals surface area contributed by atoms with E-state index in [9.17, 15) is 0 Å². The lowest BCUT2D eigenvalue weighted by Gasteiger charge is -2.52. The fourth-order valence-electron chi connectivity index (χ4n) is 3.60. The van der Waals surface area contributed by atoms with Crippen LogP contribution in [-0.2, 0) is 4.74 Å². The lowest BCUT2D eigenvalue weighted by molar-refractivity contribution is -0.132. The van der Waals surface area contributed by atoms with Gasteiger partial charge in [0.25, 0.3) is 0 Å². The fraction of sp³-hybridized carbons (Fsp3) is 1.00. The zero-order valence-corrected chi connectivity index (χ0v) is 13.2. The van der Waals surface area contributed by atoms with Crippen LogP contribution in [0.5, 0.6) is 0 Å². The standard InChI is InChI=1S/C16H32N2O/c1-5-15(4)11-16(12-17,8-9-19-15)18(10-13(2)3)14-6-7-14/h13-14H,5-12,17H2,1-4H3. The van der Waals surface area contributed by atoms with Gasteiger partial charge < -0.3 is 10.5 Å². The zero-order chi connectivity index (χ0) is 14.1. The van der Waals surface area contributed by atoms with Crippen LogP contribution in [0.1, 0.15) is 59.8 Å². The van der Waals surface area contributed by atoms with E-state index in [4.69, 9.17) is 10.5 Å². The molecule has 1 aliphatic heterocycles. The van der Waals surface area contributed by atoms with Crippen LogP contribution in [0.25, 0.3) is 0 Å². The minimum Gasteiger partial charge on any atom is -0.375 e. The highest BCUT2D eigenvalue weighted by Crippen LogP contribution is 2.43. The van der Waals surface area contributed by atoms with Crippen LogP contribution in [-0.4, -0.2) is 41.8 Å². The predicted molar refractivity (Wildman–Crippen MR) is 80.2 cm³/mol. The first-order valence-corrected chi connectivity index (χ1v) is 8.05. The van der Waals surface area contributed by atoms with Gasteiger partial charge in [0, 0.05) is 31.3 Å². The van der Waals surface area contributed by atoms with Gasteiger partial charge in [0.2, 0.25) is 0 Å². The summed E-state index contributed by atoms with van der Waals surface area (Å²) >= 11 is 0. The first-order chi connectivity index (χ1) is 8.95. The lowest BCUT2D eigenvalue weighted by atomic mass is 9.77. The van der Waals surface area contributed by atoms with E-state index in [1.165, 1.54) is 19.4 Å². The van der Waals surface area contributed by atoms with Crippen molar-refractivity contribution in [2.75, 3.05) is 19.7 Å². The number of nitrogens with two attached hydrogens (primary N) is 1. The quantitative estimate of drug-likeness (QED) is 0.805. The molecule has 0 aromatic carbocycles. The van der Waals surface area contributed by atoms with E-state index in [1.807, 2.05) is 0 Å². The molecular weight excluding hydrogens is 236 g/mol. The molecule has 3 heteroatoms. The molecule has 2 atom stereocenters. The maximum absolute atomic E-state index is 6.26. The van der Waals surface area contributed by atoms with Gasteiger partial charge in [-0.25, -0.2) is 0 Å². The summed E-state index contributed by atoms with van der Waals surface area (Å²) in [6, 6.07) is 0.783. The average Bonchev–Trinajstić information content (AvgIpc) is 3.20. The third-order valence-corrected chi connectivity index (χ3v) is 5.01. The second-order valence-electron chi connectivity index (χ2n) is 7.28. The van der Waals surface area contributed by atoms with Crippen LogP contribution in [0.2, 0.25) is 0 Å². The maximum atomic E-state index is 6.26. The molecule has 0 radical (unpaired) electrons. The van der Waals surface area contributed by atoms with Crippen molar-refractivity contribution in [3.05, 3.63) is 0 Å². The molecule has 1 saturated heterocycles. The van der Waals surface area contributed by atoms with E-state index >= 15 is 0 Å². The highest BCUT2D eigenvalue weighted by Gasteiger charge is 2.49. The Balaban J connectivity index is 2.18. The molecule has 0 aromatic rings. The first kappa shape index (κ1) is 15.3. The summed E-state index contributed by atoms with van der Waals surface area (Å²) in [6.45, 7) is 11.9. The topological polar surface area (TPSA) is 38.5 Å². The highest BCUT2D eigenvalue weighted by atomic mass is 16.5. The number of rotatable bonds is 6. The van der Waals surface area contributed by atoms with Crippen molar-refractivity contribution in [2.45, 2.75) is 77.0 Å². The van der Waals surface area contributed by atoms with Crippen molar-refractivity contribution in [1.29, 1.82) is 0 Å². The number of hydrogen-bond donors (Lipinski definition) is 1. The van der Waals surface area contributed by atoms with Crippen LogP contribution in [0.4, 0.5) is 0 Å². The average molecular weight is 268 g/mol. The summed E-state index contributed by atoms with van der Waals surface area (Å²) in [5.74, 6) is 0.708. The van der Waals surface area contributed by atoms with Gasteiger partial charge in [-0.15, -0.1) is 0 Å². The first-order valence-electron chi connectivity index (χ1n) is 8.05. The van der Waals surface area contributed by atoms with Crippen LogP contribution in [0.15, 0.2) is 0 Å². The molecule has 3 nitrogen and oxygen atoms in total. The minimum absolute atomic E-state index is 0.0156. The maximum Gasteiger partial charge on any atom is 0.0670 e. The Morgan fingerprint density at radius 2 is 2.05 bits per heavy atom. The number of nitrogens with zero attached hydrogens (tertiary/aromatic N) is 1. The molecular formula is C16H32N2O. The highest BCUT2D eigenvalue weighted by molar-refractivity contribution is 5.04. The molecule has 2 fully saturated rings. The normalized spacial score (nSPS) is 36.2. The molecule has 0 aromatic heterocycles. The Morgan fingerprint density at radius 3 is 2.53 bits per heavy atom. The summed E-state index contributed by atoms with van der Waals surface area (Å²) < 4.78 is 6.04.